The van der Waals surface area contributed by atoms with Crippen molar-refractivity contribution in [2.45, 2.75) is 24.2 Å². The number of hydrogen-bond acceptors (Lipinski definition) is 3. The van der Waals surface area contributed by atoms with Crippen molar-refractivity contribution >= 4 is 11.8 Å². The summed E-state index contributed by atoms with van der Waals surface area (Å²) in [5, 5.41) is 17.9. The standard InChI is InChI=1S/C16H15NOS/c1-12-7-13(9-17)5-6-15(12)11-19-16-4-2-3-14(8-16)10-18/h2-8,18H,10-11H2,1H3. The molecule has 2 aromatic rings. The Morgan fingerprint density at radius 2 is 2.05 bits per heavy atom. The number of aryl methyl sites for hydroxylation is 1. The van der Waals surface area contributed by atoms with Crippen LogP contribution in [0.2, 0.25) is 0 Å². The van der Waals surface area contributed by atoms with Gasteiger partial charge in [0.15, 0.2) is 0 Å². The minimum atomic E-state index is 0.0737. The number of nitriles is 1. The van der Waals surface area contributed by atoms with E-state index in [1.165, 1.54) is 5.56 Å². The van der Waals surface area contributed by atoms with Gasteiger partial charge >= 0.3 is 0 Å². The Bertz CT molecular complexity index is 616. The lowest BCUT2D eigenvalue weighted by Crippen LogP contribution is -1.88. The van der Waals surface area contributed by atoms with Crippen LogP contribution in [-0.2, 0) is 12.4 Å². The Kier molecular flexibility index (Phi) is 4.62. The minimum absolute atomic E-state index is 0.0737. The smallest absolute Gasteiger partial charge is 0.0991 e. The van der Waals surface area contributed by atoms with Gasteiger partial charge in [-0.15, -0.1) is 11.8 Å². The third-order valence-corrected chi connectivity index (χ3v) is 3.99. The first-order valence-corrected chi connectivity index (χ1v) is 7.03. The second kappa shape index (κ2) is 6.42. The fraction of sp³-hybridized carbons (Fsp3) is 0.188. The molecule has 1 N–H and O–H groups in total. The SMILES string of the molecule is Cc1cc(C#N)ccc1CSc1cccc(CO)c1. The zero-order valence-corrected chi connectivity index (χ0v) is 11.6. The Morgan fingerprint density at radius 1 is 1.21 bits per heavy atom. The van der Waals surface area contributed by atoms with Crippen LogP contribution in [-0.4, -0.2) is 5.11 Å². The minimum Gasteiger partial charge on any atom is -0.392 e. The Labute approximate surface area is 117 Å². The molecule has 0 amide bonds. The summed E-state index contributed by atoms with van der Waals surface area (Å²) < 4.78 is 0. The number of rotatable bonds is 4. The first-order chi connectivity index (χ1) is 9.22. The second-order valence-electron chi connectivity index (χ2n) is 4.35. The molecule has 19 heavy (non-hydrogen) atoms. The van der Waals surface area contributed by atoms with Gasteiger partial charge in [-0.2, -0.15) is 5.26 Å². The van der Waals surface area contributed by atoms with Gasteiger partial charge in [0.2, 0.25) is 0 Å². The van der Waals surface area contributed by atoms with E-state index in [4.69, 9.17) is 10.4 Å². The van der Waals surface area contributed by atoms with Crippen molar-refractivity contribution in [2.75, 3.05) is 0 Å². The normalized spacial score (nSPS) is 10.2. The molecule has 0 bridgehead atoms. The maximum absolute atomic E-state index is 9.11. The van der Waals surface area contributed by atoms with Crippen LogP contribution in [0.5, 0.6) is 0 Å². The molecule has 96 valence electrons. The number of thioether (sulfide) groups is 1. The largest absolute Gasteiger partial charge is 0.392 e. The van der Waals surface area contributed by atoms with Crippen LogP contribution in [0.4, 0.5) is 0 Å². The van der Waals surface area contributed by atoms with Gasteiger partial charge in [-0.25, -0.2) is 0 Å². The van der Waals surface area contributed by atoms with Crippen molar-refractivity contribution in [1.82, 2.24) is 0 Å². The molecule has 0 fully saturated rings. The molecule has 0 aliphatic rings. The topological polar surface area (TPSA) is 44.0 Å². The fourth-order valence-corrected chi connectivity index (χ4v) is 2.88. The van der Waals surface area contributed by atoms with E-state index in [1.54, 1.807) is 11.8 Å². The van der Waals surface area contributed by atoms with Crippen LogP contribution in [0, 0.1) is 18.3 Å². The summed E-state index contributed by atoms with van der Waals surface area (Å²) in [6.45, 7) is 2.10. The van der Waals surface area contributed by atoms with Gasteiger partial charge in [0.05, 0.1) is 18.2 Å². The first-order valence-electron chi connectivity index (χ1n) is 6.05. The number of nitrogens with zero attached hydrogens (tertiary/aromatic N) is 1. The molecule has 2 rings (SSSR count). The third kappa shape index (κ3) is 3.60. The van der Waals surface area contributed by atoms with Crippen molar-refractivity contribution in [3.8, 4) is 6.07 Å². The van der Waals surface area contributed by atoms with Crippen molar-refractivity contribution in [3.05, 3.63) is 64.7 Å². The predicted molar refractivity (Wildman–Crippen MR) is 77.8 cm³/mol. The van der Waals surface area contributed by atoms with Gasteiger partial charge < -0.3 is 5.11 Å². The number of aliphatic hydroxyl groups excluding tert-OH is 1. The summed E-state index contributed by atoms with van der Waals surface area (Å²) in [4.78, 5) is 1.15. The van der Waals surface area contributed by atoms with E-state index in [0.717, 1.165) is 21.8 Å². The molecule has 0 saturated carbocycles. The zero-order chi connectivity index (χ0) is 13.7. The molecule has 0 spiro atoms. The Balaban J connectivity index is 2.08. The van der Waals surface area contributed by atoms with Gasteiger partial charge in [-0.1, -0.05) is 18.2 Å². The van der Waals surface area contributed by atoms with E-state index in [-0.39, 0.29) is 6.61 Å². The molecule has 0 atom stereocenters. The molecule has 0 aliphatic heterocycles. The van der Waals surface area contributed by atoms with Gasteiger partial charge in [0.25, 0.3) is 0 Å². The number of benzene rings is 2. The molecule has 0 heterocycles. The maximum Gasteiger partial charge on any atom is 0.0991 e. The molecule has 2 aromatic carbocycles. The molecule has 0 saturated heterocycles. The van der Waals surface area contributed by atoms with E-state index in [9.17, 15) is 0 Å². The molecule has 0 aliphatic carbocycles. The molecule has 0 aromatic heterocycles. The third-order valence-electron chi connectivity index (χ3n) is 2.95. The summed E-state index contributed by atoms with van der Waals surface area (Å²) >= 11 is 1.74. The van der Waals surface area contributed by atoms with Crippen molar-refractivity contribution < 1.29 is 5.11 Å². The van der Waals surface area contributed by atoms with Gasteiger partial charge in [-0.05, 0) is 47.9 Å². The predicted octanol–water partition coefficient (Wildman–Crippen LogP) is 3.65. The van der Waals surface area contributed by atoms with Crippen LogP contribution in [0.25, 0.3) is 0 Å². The van der Waals surface area contributed by atoms with Crippen LogP contribution >= 0.6 is 11.8 Å². The summed E-state index contributed by atoms with van der Waals surface area (Å²) in [7, 11) is 0. The number of hydrogen-bond donors (Lipinski definition) is 1. The first kappa shape index (κ1) is 13.7. The molecule has 3 heteroatoms. The lowest BCUT2D eigenvalue weighted by molar-refractivity contribution is 0.281. The zero-order valence-electron chi connectivity index (χ0n) is 10.8. The van der Waals surface area contributed by atoms with E-state index in [0.29, 0.717) is 5.56 Å². The lowest BCUT2D eigenvalue weighted by Gasteiger charge is -2.07. The average molecular weight is 269 g/mol. The maximum atomic E-state index is 9.11. The molecular formula is C16H15NOS. The highest BCUT2D eigenvalue weighted by atomic mass is 32.2. The highest BCUT2D eigenvalue weighted by Gasteiger charge is 2.02. The average Bonchev–Trinajstić information content (AvgIpc) is 2.46. The molecular weight excluding hydrogens is 254 g/mol. The summed E-state index contributed by atoms with van der Waals surface area (Å²) in [5.41, 5.74) is 4.01. The number of aliphatic hydroxyl groups is 1. The van der Waals surface area contributed by atoms with Crippen molar-refractivity contribution in [3.63, 3.8) is 0 Å². The van der Waals surface area contributed by atoms with E-state index < -0.39 is 0 Å². The highest BCUT2D eigenvalue weighted by molar-refractivity contribution is 7.98. The van der Waals surface area contributed by atoms with E-state index >= 15 is 0 Å². The summed E-state index contributed by atoms with van der Waals surface area (Å²) in [6.07, 6.45) is 0. The van der Waals surface area contributed by atoms with Crippen LogP contribution in [0.3, 0.4) is 0 Å². The fourth-order valence-electron chi connectivity index (χ4n) is 1.82. The summed E-state index contributed by atoms with van der Waals surface area (Å²) in [6, 6.07) is 15.9. The van der Waals surface area contributed by atoms with Crippen LogP contribution < -0.4 is 0 Å². The van der Waals surface area contributed by atoms with Crippen molar-refractivity contribution in [2.24, 2.45) is 0 Å². The second-order valence-corrected chi connectivity index (χ2v) is 5.40. The van der Waals surface area contributed by atoms with E-state index in [2.05, 4.69) is 6.07 Å². The monoisotopic (exact) mass is 269 g/mol. The van der Waals surface area contributed by atoms with Gasteiger partial charge in [0.1, 0.15) is 0 Å². The molecule has 0 unspecified atom stereocenters. The molecule has 0 radical (unpaired) electrons. The van der Waals surface area contributed by atoms with Crippen LogP contribution in [0.15, 0.2) is 47.4 Å². The van der Waals surface area contributed by atoms with Gasteiger partial charge in [-0.3, -0.25) is 0 Å². The van der Waals surface area contributed by atoms with Crippen molar-refractivity contribution in [1.29, 1.82) is 5.26 Å². The van der Waals surface area contributed by atoms with Gasteiger partial charge in [0, 0.05) is 10.6 Å². The van der Waals surface area contributed by atoms with Crippen LogP contribution in [0.1, 0.15) is 22.3 Å². The molecule has 2 nitrogen and oxygen atoms in total. The quantitative estimate of drug-likeness (QED) is 0.862. The Morgan fingerprint density at radius 3 is 2.74 bits per heavy atom. The highest BCUT2D eigenvalue weighted by Crippen LogP contribution is 2.25. The Hall–Kier alpha value is -1.76. The lowest BCUT2D eigenvalue weighted by atomic mass is 10.1. The summed E-state index contributed by atoms with van der Waals surface area (Å²) in [5.74, 6) is 0.867. The van der Waals surface area contributed by atoms with E-state index in [1.807, 2.05) is 49.4 Å².